The first kappa shape index (κ1) is 26.6. The maximum absolute atomic E-state index is 6.54. The summed E-state index contributed by atoms with van der Waals surface area (Å²) < 4.78 is 19.2. The topological polar surface area (TPSA) is 43.3 Å². The number of unbranched alkanes of at least 4 members (excludes halogenated alkanes) is 5. The van der Waals surface area contributed by atoms with Gasteiger partial charge in [-0.05, 0) is 85.6 Å². The lowest BCUT2D eigenvalue weighted by Gasteiger charge is -2.38. The van der Waals surface area contributed by atoms with E-state index in [0.29, 0.717) is 6.61 Å². The highest BCUT2D eigenvalue weighted by atomic mass is 79.9. The Morgan fingerprint density at radius 2 is 1.58 bits per heavy atom. The Bertz CT molecular complexity index is 1230. The van der Waals surface area contributed by atoms with Gasteiger partial charge in [-0.15, -0.1) is 0 Å². The average Bonchev–Trinajstić information content (AvgIpc) is 3.39. The summed E-state index contributed by atoms with van der Waals surface area (Å²) >= 11 is 3.64. The summed E-state index contributed by atoms with van der Waals surface area (Å²) in [5.74, 6) is 2.69. The number of nitrogens with zero attached hydrogens (tertiary/aromatic N) is 2. The number of benzene rings is 3. The van der Waals surface area contributed by atoms with Crippen molar-refractivity contribution in [3.63, 3.8) is 0 Å². The molecule has 38 heavy (non-hydrogen) atoms. The molecule has 3 aromatic rings. The smallest absolute Gasteiger partial charge is 0.213 e. The second-order valence-electron chi connectivity index (χ2n) is 9.94. The first-order chi connectivity index (χ1) is 18.7. The van der Waals surface area contributed by atoms with Crippen molar-refractivity contribution < 1.29 is 14.2 Å². The van der Waals surface area contributed by atoms with E-state index >= 15 is 0 Å². The lowest BCUT2D eigenvalue weighted by molar-refractivity contribution is -0.0191. The van der Waals surface area contributed by atoms with E-state index in [4.69, 9.17) is 19.3 Å². The summed E-state index contributed by atoms with van der Waals surface area (Å²) in [7, 11) is 0. The van der Waals surface area contributed by atoms with Crippen LogP contribution in [0, 0.1) is 0 Å². The lowest BCUT2D eigenvalue weighted by Crippen LogP contribution is -2.33. The van der Waals surface area contributed by atoms with Crippen LogP contribution in [-0.4, -0.2) is 23.9 Å². The van der Waals surface area contributed by atoms with Gasteiger partial charge in [-0.25, -0.2) is 5.01 Å². The maximum Gasteiger partial charge on any atom is 0.213 e. The molecule has 0 aromatic heterocycles. The summed E-state index contributed by atoms with van der Waals surface area (Å²) in [4.78, 5) is 0. The fourth-order valence-corrected chi connectivity index (χ4v) is 5.54. The van der Waals surface area contributed by atoms with Crippen LogP contribution in [0.1, 0.15) is 87.8 Å². The van der Waals surface area contributed by atoms with E-state index < -0.39 is 0 Å². The van der Waals surface area contributed by atoms with Crippen LogP contribution in [-0.2, 0) is 0 Å². The van der Waals surface area contributed by atoms with E-state index in [2.05, 4.69) is 76.4 Å². The van der Waals surface area contributed by atoms with Gasteiger partial charge in [0, 0.05) is 22.0 Å². The van der Waals surface area contributed by atoms with E-state index in [1.54, 1.807) is 0 Å². The minimum absolute atomic E-state index is 0.103. The Morgan fingerprint density at radius 3 is 2.34 bits per heavy atom. The summed E-state index contributed by atoms with van der Waals surface area (Å²) in [6, 6.07) is 22.9. The molecule has 0 saturated heterocycles. The second-order valence-corrected chi connectivity index (χ2v) is 10.9. The zero-order valence-electron chi connectivity index (χ0n) is 22.4. The van der Waals surface area contributed by atoms with Crippen LogP contribution in [0.15, 0.2) is 76.3 Å². The Labute approximate surface area is 234 Å². The van der Waals surface area contributed by atoms with Crippen LogP contribution in [0.4, 0.5) is 0 Å². The molecule has 0 N–H and O–H groups in total. The summed E-state index contributed by atoms with van der Waals surface area (Å²) in [5.41, 5.74) is 4.38. The first-order valence-corrected chi connectivity index (χ1v) is 14.7. The van der Waals surface area contributed by atoms with Gasteiger partial charge in [0.15, 0.2) is 0 Å². The van der Waals surface area contributed by atoms with Crippen LogP contribution in [0.2, 0.25) is 0 Å². The maximum atomic E-state index is 6.54. The zero-order chi connectivity index (χ0) is 26.3. The third-order valence-electron chi connectivity index (χ3n) is 7.18. The minimum Gasteiger partial charge on any atom is -0.494 e. The molecule has 0 fully saturated rings. The van der Waals surface area contributed by atoms with Gasteiger partial charge in [-0.3, -0.25) is 0 Å². The van der Waals surface area contributed by atoms with E-state index in [1.165, 1.54) is 32.1 Å². The molecule has 200 valence electrons. The highest BCUT2D eigenvalue weighted by Gasteiger charge is 2.41. The fourth-order valence-electron chi connectivity index (χ4n) is 5.16. The molecule has 2 atom stereocenters. The SMILES string of the molecule is CCCCCCCCOc1ccc([C@@H]2Oc3ccc(Br)cc3[C@H]3CC(c4ccc(OCC)cc4)=NN32)cc1. The van der Waals surface area contributed by atoms with Gasteiger partial charge < -0.3 is 14.2 Å². The van der Waals surface area contributed by atoms with Gasteiger partial charge in [-0.2, -0.15) is 5.10 Å². The normalized spacial score (nSPS) is 17.9. The van der Waals surface area contributed by atoms with E-state index in [0.717, 1.165) is 63.6 Å². The molecule has 0 saturated carbocycles. The molecule has 2 aliphatic heterocycles. The highest BCUT2D eigenvalue weighted by molar-refractivity contribution is 9.10. The predicted octanol–water partition coefficient (Wildman–Crippen LogP) is 8.83. The number of hydrogen-bond donors (Lipinski definition) is 0. The molecule has 0 aliphatic carbocycles. The van der Waals surface area contributed by atoms with Crippen molar-refractivity contribution in [3.8, 4) is 17.2 Å². The lowest BCUT2D eigenvalue weighted by atomic mass is 9.96. The molecule has 5 rings (SSSR count). The molecule has 0 unspecified atom stereocenters. The van der Waals surface area contributed by atoms with E-state index in [9.17, 15) is 0 Å². The molecule has 3 aromatic carbocycles. The second kappa shape index (κ2) is 12.7. The van der Waals surface area contributed by atoms with Gasteiger partial charge in [0.1, 0.15) is 17.2 Å². The summed E-state index contributed by atoms with van der Waals surface area (Å²) in [6.07, 6.45) is 8.07. The van der Waals surface area contributed by atoms with Crippen LogP contribution < -0.4 is 14.2 Å². The van der Waals surface area contributed by atoms with Gasteiger partial charge in [-0.1, -0.05) is 55.0 Å². The molecular weight excluding hydrogens is 540 g/mol. The first-order valence-electron chi connectivity index (χ1n) is 13.9. The molecule has 0 amide bonds. The highest BCUT2D eigenvalue weighted by Crippen LogP contribution is 2.48. The molecule has 6 heteroatoms. The standard InChI is InChI=1S/C32H37BrN2O3/c1-3-5-6-7-8-9-20-37-27-17-12-24(13-18-27)32-35-30(28-21-25(33)14-19-31(28)38-32)22-29(34-35)23-10-15-26(16-11-23)36-4-2/h10-19,21,30,32H,3-9,20,22H2,1-2H3/t30-,32+/m1/s1. The van der Waals surface area contributed by atoms with Crippen LogP contribution in [0.5, 0.6) is 17.2 Å². The molecular formula is C32H37BrN2O3. The Kier molecular flexibility index (Phi) is 8.90. The molecule has 0 radical (unpaired) electrons. The van der Waals surface area contributed by atoms with Gasteiger partial charge in [0.2, 0.25) is 6.23 Å². The van der Waals surface area contributed by atoms with Crippen molar-refractivity contribution in [2.45, 2.75) is 71.1 Å². The van der Waals surface area contributed by atoms with Crippen LogP contribution in [0.3, 0.4) is 0 Å². The van der Waals surface area contributed by atoms with Crippen molar-refractivity contribution in [2.75, 3.05) is 13.2 Å². The molecule has 0 spiro atoms. The van der Waals surface area contributed by atoms with Crippen molar-refractivity contribution in [2.24, 2.45) is 5.10 Å². The number of hydrogen-bond acceptors (Lipinski definition) is 5. The number of ether oxygens (including phenoxy) is 3. The van der Waals surface area contributed by atoms with Gasteiger partial charge in [0.05, 0.1) is 25.0 Å². The Morgan fingerprint density at radius 1 is 0.868 bits per heavy atom. The molecule has 0 bridgehead atoms. The van der Waals surface area contributed by atoms with Gasteiger partial charge in [0.25, 0.3) is 0 Å². The molecule has 2 heterocycles. The third kappa shape index (κ3) is 6.17. The summed E-state index contributed by atoms with van der Waals surface area (Å²) in [6.45, 7) is 5.66. The Hall–Kier alpha value is -2.99. The van der Waals surface area contributed by atoms with E-state index in [1.807, 2.05) is 25.1 Å². The average molecular weight is 578 g/mol. The van der Waals surface area contributed by atoms with E-state index in [-0.39, 0.29) is 12.3 Å². The predicted molar refractivity (Wildman–Crippen MR) is 156 cm³/mol. The molecule has 5 nitrogen and oxygen atoms in total. The van der Waals surface area contributed by atoms with Crippen molar-refractivity contribution in [3.05, 3.63) is 87.9 Å². The Balaban J connectivity index is 1.32. The summed E-state index contributed by atoms with van der Waals surface area (Å²) in [5, 5.41) is 7.21. The fraction of sp³-hybridized carbons (Fsp3) is 0.406. The van der Waals surface area contributed by atoms with Gasteiger partial charge >= 0.3 is 0 Å². The zero-order valence-corrected chi connectivity index (χ0v) is 24.0. The molecule has 2 aliphatic rings. The van der Waals surface area contributed by atoms with Crippen molar-refractivity contribution in [1.82, 2.24) is 5.01 Å². The number of halogens is 1. The monoisotopic (exact) mass is 576 g/mol. The van der Waals surface area contributed by atoms with Crippen LogP contribution >= 0.6 is 15.9 Å². The minimum atomic E-state index is -0.304. The number of rotatable bonds is 12. The van der Waals surface area contributed by atoms with Crippen molar-refractivity contribution in [1.29, 1.82) is 0 Å². The third-order valence-corrected chi connectivity index (χ3v) is 7.68. The van der Waals surface area contributed by atoms with Crippen LogP contribution in [0.25, 0.3) is 0 Å². The largest absolute Gasteiger partial charge is 0.494 e. The van der Waals surface area contributed by atoms with Crippen molar-refractivity contribution >= 4 is 21.6 Å². The number of hydrazone groups is 1. The quantitative estimate of drug-likeness (QED) is 0.202. The number of fused-ring (bicyclic) bond motifs is 3.